The standard InChI is InChI=1S/C15H18N4O/c16-9-13-10-17-6-8-18(13)11-15(20)19-7-5-12-3-1-2-4-14(12)19/h1-4,13,17H,5-8,10-11H2. The van der Waals surface area contributed by atoms with Crippen LogP contribution in [0.3, 0.4) is 0 Å². The predicted octanol–water partition coefficient (Wildman–Crippen LogP) is 0.373. The van der Waals surface area contributed by atoms with Crippen LogP contribution in [0.2, 0.25) is 0 Å². The van der Waals surface area contributed by atoms with E-state index in [1.54, 1.807) is 0 Å². The Morgan fingerprint density at radius 3 is 3.10 bits per heavy atom. The summed E-state index contributed by atoms with van der Waals surface area (Å²) in [4.78, 5) is 16.3. The van der Waals surface area contributed by atoms with Gasteiger partial charge in [0.15, 0.2) is 0 Å². The zero-order valence-electron chi connectivity index (χ0n) is 11.4. The van der Waals surface area contributed by atoms with Gasteiger partial charge in [0.2, 0.25) is 5.91 Å². The number of nitrogens with one attached hydrogen (secondary N) is 1. The van der Waals surface area contributed by atoms with Crippen LogP contribution in [0.15, 0.2) is 24.3 Å². The molecule has 3 rings (SSSR count). The normalized spacial score (nSPS) is 22.4. The molecule has 0 saturated carbocycles. The lowest BCUT2D eigenvalue weighted by atomic mass is 10.2. The lowest BCUT2D eigenvalue weighted by Crippen LogP contribution is -2.53. The number of hydrogen-bond donors (Lipinski definition) is 1. The van der Waals surface area contributed by atoms with E-state index in [4.69, 9.17) is 5.26 Å². The average molecular weight is 270 g/mol. The van der Waals surface area contributed by atoms with Gasteiger partial charge in [0.1, 0.15) is 6.04 Å². The van der Waals surface area contributed by atoms with Gasteiger partial charge in [-0.25, -0.2) is 0 Å². The molecule has 0 aliphatic carbocycles. The van der Waals surface area contributed by atoms with Crippen molar-refractivity contribution >= 4 is 11.6 Å². The molecular weight excluding hydrogens is 252 g/mol. The van der Waals surface area contributed by atoms with E-state index in [0.29, 0.717) is 13.1 Å². The molecule has 1 aromatic rings. The molecule has 0 spiro atoms. The zero-order valence-corrected chi connectivity index (χ0v) is 11.4. The molecule has 2 heterocycles. The molecule has 5 heteroatoms. The van der Waals surface area contributed by atoms with Gasteiger partial charge in [-0.05, 0) is 18.1 Å². The molecule has 1 atom stereocenters. The lowest BCUT2D eigenvalue weighted by Gasteiger charge is -2.32. The third kappa shape index (κ3) is 2.40. The van der Waals surface area contributed by atoms with Crippen LogP contribution in [0, 0.1) is 11.3 Å². The van der Waals surface area contributed by atoms with Crippen LogP contribution >= 0.6 is 0 Å². The zero-order chi connectivity index (χ0) is 13.9. The molecule has 0 aromatic heterocycles. The first-order valence-electron chi connectivity index (χ1n) is 7.02. The maximum Gasteiger partial charge on any atom is 0.241 e. The smallest absolute Gasteiger partial charge is 0.241 e. The second kappa shape index (κ2) is 5.61. The summed E-state index contributed by atoms with van der Waals surface area (Å²) in [6.45, 7) is 3.30. The van der Waals surface area contributed by atoms with E-state index in [9.17, 15) is 4.79 Å². The highest BCUT2D eigenvalue weighted by molar-refractivity contribution is 5.96. The summed E-state index contributed by atoms with van der Waals surface area (Å²) in [7, 11) is 0. The molecule has 1 unspecified atom stereocenters. The third-order valence-electron chi connectivity index (χ3n) is 4.03. The molecule has 5 nitrogen and oxygen atoms in total. The molecule has 1 saturated heterocycles. The van der Waals surface area contributed by atoms with Crippen LogP contribution in [0.25, 0.3) is 0 Å². The van der Waals surface area contributed by atoms with Crippen molar-refractivity contribution < 1.29 is 4.79 Å². The van der Waals surface area contributed by atoms with Gasteiger partial charge in [0, 0.05) is 31.9 Å². The van der Waals surface area contributed by atoms with Gasteiger partial charge in [-0.2, -0.15) is 5.26 Å². The number of fused-ring (bicyclic) bond motifs is 1. The molecule has 1 aromatic carbocycles. The van der Waals surface area contributed by atoms with E-state index in [0.717, 1.165) is 31.7 Å². The number of hydrogen-bond acceptors (Lipinski definition) is 4. The molecule has 0 bridgehead atoms. The Labute approximate surface area is 118 Å². The Kier molecular flexibility index (Phi) is 3.68. The fourth-order valence-corrected chi connectivity index (χ4v) is 2.92. The molecule has 1 amide bonds. The average Bonchev–Trinajstić information content (AvgIpc) is 2.92. The highest BCUT2D eigenvalue weighted by atomic mass is 16.2. The van der Waals surface area contributed by atoms with Gasteiger partial charge in [-0.1, -0.05) is 18.2 Å². The number of carbonyl (C=O) groups is 1. The van der Waals surface area contributed by atoms with Crippen LogP contribution in [0.1, 0.15) is 5.56 Å². The number of carbonyl (C=O) groups excluding carboxylic acids is 1. The SMILES string of the molecule is N#CC1CNCCN1CC(=O)N1CCc2ccccc21. The molecular formula is C15H18N4O. The van der Waals surface area contributed by atoms with Gasteiger partial charge in [0.25, 0.3) is 0 Å². The van der Waals surface area contributed by atoms with E-state index in [-0.39, 0.29) is 11.9 Å². The molecule has 2 aliphatic heterocycles. The first-order valence-corrected chi connectivity index (χ1v) is 7.02. The number of benzene rings is 1. The predicted molar refractivity (Wildman–Crippen MR) is 76.3 cm³/mol. The maximum absolute atomic E-state index is 12.5. The molecule has 1 N–H and O–H groups in total. The van der Waals surface area contributed by atoms with Crippen molar-refractivity contribution in [3.8, 4) is 6.07 Å². The number of piperazine rings is 1. The molecule has 1 fully saturated rings. The fraction of sp³-hybridized carbons (Fsp3) is 0.467. The van der Waals surface area contributed by atoms with Gasteiger partial charge < -0.3 is 10.2 Å². The summed E-state index contributed by atoms with van der Waals surface area (Å²) in [6, 6.07) is 10.1. The van der Waals surface area contributed by atoms with Gasteiger partial charge in [-0.3, -0.25) is 9.69 Å². The summed E-state index contributed by atoms with van der Waals surface area (Å²) in [5.41, 5.74) is 2.26. The van der Waals surface area contributed by atoms with E-state index in [2.05, 4.69) is 17.5 Å². The highest BCUT2D eigenvalue weighted by Crippen LogP contribution is 2.27. The van der Waals surface area contributed by atoms with Crippen molar-refractivity contribution in [2.75, 3.05) is 37.6 Å². The van der Waals surface area contributed by atoms with Gasteiger partial charge in [-0.15, -0.1) is 0 Å². The quantitative estimate of drug-likeness (QED) is 0.843. The number of rotatable bonds is 2. The summed E-state index contributed by atoms with van der Waals surface area (Å²) in [6.07, 6.45) is 0.922. The van der Waals surface area contributed by atoms with Crippen LogP contribution in [0.4, 0.5) is 5.69 Å². The summed E-state index contributed by atoms with van der Waals surface area (Å²) in [5, 5.41) is 12.3. The monoisotopic (exact) mass is 270 g/mol. The maximum atomic E-state index is 12.5. The van der Waals surface area contributed by atoms with E-state index >= 15 is 0 Å². The second-order valence-corrected chi connectivity index (χ2v) is 5.24. The fourth-order valence-electron chi connectivity index (χ4n) is 2.92. The Hall–Kier alpha value is -1.90. The van der Waals surface area contributed by atoms with Crippen LogP contribution in [-0.4, -0.2) is 49.6 Å². The Morgan fingerprint density at radius 1 is 1.40 bits per heavy atom. The first kappa shape index (κ1) is 13.1. The minimum atomic E-state index is -0.203. The number of anilines is 1. The van der Waals surface area contributed by atoms with Crippen molar-refractivity contribution in [1.29, 1.82) is 5.26 Å². The van der Waals surface area contributed by atoms with Crippen molar-refractivity contribution in [2.24, 2.45) is 0 Å². The van der Waals surface area contributed by atoms with Crippen LogP contribution in [-0.2, 0) is 11.2 Å². The number of nitriles is 1. The van der Waals surface area contributed by atoms with Crippen LogP contribution in [0.5, 0.6) is 0 Å². The van der Waals surface area contributed by atoms with E-state index < -0.39 is 0 Å². The van der Waals surface area contributed by atoms with Crippen molar-refractivity contribution in [2.45, 2.75) is 12.5 Å². The third-order valence-corrected chi connectivity index (χ3v) is 4.03. The number of nitrogens with zero attached hydrogens (tertiary/aromatic N) is 3. The molecule has 20 heavy (non-hydrogen) atoms. The topological polar surface area (TPSA) is 59.4 Å². The Morgan fingerprint density at radius 2 is 2.25 bits per heavy atom. The Balaban J connectivity index is 1.70. The largest absolute Gasteiger partial charge is 0.313 e. The molecule has 2 aliphatic rings. The first-order chi connectivity index (χ1) is 9.79. The van der Waals surface area contributed by atoms with Crippen molar-refractivity contribution in [3.05, 3.63) is 29.8 Å². The number of amides is 1. The molecule has 0 radical (unpaired) electrons. The molecule has 104 valence electrons. The summed E-state index contributed by atoms with van der Waals surface area (Å²) >= 11 is 0. The minimum Gasteiger partial charge on any atom is -0.313 e. The van der Waals surface area contributed by atoms with Gasteiger partial charge in [0.05, 0.1) is 12.6 Å². The number of para-hydroxylation sites is 1. The van der Waals surface area contributed by atoms with Crippen molar-refractivity contribution in [1.82, 2.24) is 10.2 Å². The second-order valence-electron chi connectivity index (χ2n) is 5.24. The van der Waals surface area contributed by atoms with E-state index in [1.165, 1.54) is 5.56 Å². The Bertz CT molecular complexity index is 551. The van der Waals surface area contributed by atoms with Crippen molar-refractivity contribution in [3.63, 3.8) is 0 Å². The van der Waals surface area contributed by atoms with E-state index in [1.807, 2.05) is 28.0 Å². The summed E-state index contributed by atoms with van der Waals surface area (Å²) < 4.78 is 0. The lowest BCUT2D eigenvalue weighted by molar-refractivity contribution is -0.120. The van der Waals surface area contributed by atoms with Crippen LogP contribution < -0.4 is 10.2 Å². The summed E-state index contributed by atoms with van der Waals surface area (Å²) in [5.74, 6) is 0.0945. The van der Waals surface area contributed by atoms with Gasteiger partial charge >= 0.3 is 0 Å². The minimum absolute atomic E-state index is 0.0945. The highest BCUT2D eigenvalue weighted by Gasteiger charge is 2.29.